The predicted molar refractivity (Wildman–Crippen MR) is 90.6 cm³/mol. The molecule has 0 aliphatic carbocycles. The summed E-state index contributed by atoms with van der Waals surface area (Å²) in [5.74, 6) is 0.0567. The third-order valence-corrected chi connectivity index (χ3v) is 4.52. The third-order valence-electron chi connectivity index (χ3n) is 4.52. The Kier molecular flexibility index (Phi) is 4.85. The Bertz CT molecular complexity index is 651. The molecule has 0 aromatic heterocycles. The van der Waals surface area contributed by atoms with Crippen molar-refractivity contribution in [2.75, 3.05) is 39.8 Å². The Labute approximate surface area is 142 Å². The second-order valence-electron chi connectivity index (χ2n) is 6.26. The van der Waals surface area contributed by atoms with Crippen molar-refractivity contribution >= 4 is 12.0 Å². The fraction of sp³-hybridized carbons (Fsp3) is 0.444. The molecule has 2 heterocycles. The first-order chi connectivity index (χ1) is 11.6. The molecule has 0 radical (unpaired) electrons. The summed E-state index contributed by atoms with van der Waals surface area (Å²) in [5, 5.41) is 0. The molecule has 0 unspecified atom stereocenters. The second kappa shape index (κ2) is 7.05. The topological polar surface area (TPSA) is 53.1 Å². The zero-order valence-electron chi connectivity index (χ0n) is 14.0. The first kappa shape index (κ1) is 16.5. The molecule has 0 bridgehead atoms. The molecular formula is C18H23N3O3. The van der Waals surface area contributed by atoms with E-state index >= 15 is 0 Å². The lowest BCUT2D eigenvalue weighted by Gasteiger charge is -2.34. The van der Waals surface area contributed by atoms with E-state index in [1.165, 1.54) is 5.56 Å². The molecule has 0 spiro atoms. The first-order valence-corrected chi connectivity index (χ1v) is 8.21. The SMILES string of the molecule is C=CCOC(=O)N1CCN(C(=O)c2cccc3c2CN(C)C3)CC1. The van der Waals surface area contributed by atoms with Crippen molar-refractivity contribution in [2.24, 2.45) is 0 Å². The molecule has 1 aromatic rings. The molecule has 1 aromatic carbocycles. The smallest absolute Gasteiger partial charge is 0.410 e. The number of benzene rings is 1. The highest BCUT2D eigenvalue weighted by atomic mass is 16.6. The van der Waals surface area contributed by atoms with Crippen LogP contribution in [0.15, 0.2) is 30.9 Å². The molecule has 6 heteroatoms. The first-order valence-electron chi connectivity index (χ1n) is 8.21. The van der Waals surface area contributed by atoms with Crippen molar-refractivity contribution in [1.82, 2.24) is 14.7 Å². The van der Waals surface area contributed by atoms with E-state index in [9.17, 15) is 9.59 Å². The number of piperazine rings is 1. The van der Waals surface area contributed by atoms with Gasteiger partial charge in [-0.15, -0.1) is 0 Å². The highest BCUT2D eigenvalue weighted by molar-refractivity contribution is 5.96. The van der Waals surface area contributed by atoms with Crippen molar-refractivity contribution < 1.29 is 14.3 Å². The fourth-order valence-electron chi connectivity index (χ4n) is 3.27. The van der Waals surface area contributed by atoms with Gasteiger partial charge in [-0.05, 0) is 24.2 Å². The number of fused-ring (bicyclic) bond motifs is 1. The van der Waals surface area contributed by atoms with E-state index in [1.54, 1.807) is 11.0 Å². The largest absolute Gasteiger partial charge is 0.445 e. The van der Waals surface area contributed by atoms with Gasteiger partial charge in [0.2, 0.25) is 0 Å². The van der Waals surface area contributed by atoms with Gasteiger partial charge in [-0.3, -0.25) is 9.69 Å². The monoisotopic (exact) mass is 329 g/mol. The third kappa shape index (κ3) is 3.28. The molecule has 24 heavy (non-hydrogen) atoms. The Morgan fingerprint density at radius 3 is 2.58 bits per heavy atom. The van der Waals surface area contributed by atoms with Gasteiger partial charge >= 0.3 is 6.09 Å². The zero-order valence-corrected chi connectivity index (χ0v) is 14.0. The van der Waals surface area contributed by atoms with E-state index in [-0.39, 0.29) is 18.6 Å². The summed E-state index contributed by atoms with van der Waals surface area (Å²) in [6.07, 6.45) is 1.20. The van der Waals surface area contributed by atoms with Gasteiger partial charge in [0, 0.05) is 44.8 Å². The molecule has 1 saturated heterocycles. The zero-order chi connectivity index (χ0) is 17.1. The van der Waals surface area contributed by atoms with Gasteiger partial charge in [-0.25, -0.2) is 4.79 Å². The highest BCUT2D eigenvalue weighted by Gasteiger charge is 2.28. The van der Waals surface area contributed by atoms with Crippen LogP contribution in [0.3, 0.4) is 0 Å². The summed E-state index contributed by atoms with van der Waals surface area (Å²) in [4.78, 5) is 30.4. The van der Waals surface area contributed by atoms with Crippen LogP contribution < -0.4 is 0 Å². The van der Waals surface area contributed by atoms with Crippen molar-refractivity contribution in [3.63, 3.8) is 0 Å². The molecule has 1 fully saturated rings. The molecule has 0 N–H and O–H groups in total. The van der Waals surface area contributed by atoms with Crippen LogP contribution in [-0.4, -0.2) is 66.5 Å². The van der Waals surface area contributed by atoms with Crippen molar-refractivity contribution in [3.05, 3.63) is 47.5 Å². The van der Waals surface area contributed by atoms with Gasteiger partial charge in [0.15, 0.2) is 0 Å². The second-order valence-corrected chi connectivity index (χ2v) is 6.26. The van der Waals surface area contributed by atoms with Crippen LogP contribution in [0.4, 0.5) is 4.79 Å². The van der Waals surface area contributed by atoms with Crippen LogP contribution in [-0.2, 0) is 17.8 Å². The van der Waals surface area contributed by atoms with Crippen molar-refractivity contribution in [3.8, 4) is 0 Å². The number of carbonyl (C=O) groups excluding carboxylic acids is 2. The Hall–Kier alpha value is -2.34. The van der Waals surface area contributed by atoms with Crippen LogP contribution in [0.1, 0.15) is 21.5 Å². The number of ether oxygens (including phenoxy) is 1. The van der Waals surface area contributed by atoms with E-state index in [4.69, 9.17) is 4.74 Å². The maximum absolute atomic E-state index is 12.9. The van der Waals surface area contributed by atoms with E-state index in [0.29, 0.717) is 26.2 Å². The number of nitrogens with zero attached hydrogens (tertiary/aromatic N) is 3. The summed E-state index contributed by atoms with van der Waals surface area (Å²) >= 11 is 0. The van der Waals surface area contributed by atoms with Crippen LogP contribution in [0, 0.1) is 0 Å². The van der Waals surface area contributed by atoms with Crippen LogP contribution in [0.25, 0.3) is 0 Å². The maximum Gasteiger partial charge on any atom is 0.410 e. The average molecular weight is 329 g/mol. The van der Waals surface area contributed by atoms with E-state index < -0.39 is 0 Å². The molecule has 0 atom stereocenters. The molecule has 3 rings (SSSR count). The number of rotatable bonds is 3. The number of amides is 2. The lowest BCUT2D eigenvalue weighted by atomic mass is 10.0. The minimum absolute atomic E-state index is 0.0567. The van der Waals surface area contributed by atoms with Gasteiger partial charge in [0.25, 0.3) is 5.91 Å². The molecule has 6 nitrogen and oxygen atoms in total. The number of carbonyl (C=O) groups is 2. The lowest BCUT2D eigenvalue weighted by molar-refractivity contribution is 0.0579. The van der Waals surface area contributed by atoms with Crippen molar-refractivity contribution in [2.45, 2.75) is 13.1 Å². The normalized spacial score (nSPS) is 17.5. The van der Waals surface area contributed by atoms with Gasteiger partial charge in [-0.1, -0.05) is 24.8 Å². The molecular weight excluding hydrogens is 306 g/mol. The minimum Gasteiger partial charge on any atom is -0.445 e. The van der Waals surface area contributed by atoms with Crippen LogP contribution in [0.2, 0.25) is 0 Å². The Morgan fingerprint density at radius 2 is 1.88 bits per heavy atom. The van der Waals surface area contributed by atoms with Crippen LogP contribution >= 0.6 is 0 Å². The van der Waals surface area contributed by atoms with Crippen LogP contribution in [0.5, 0.6) is 0 Å². The summed E-state index contributed by atoms with van der Waals surface area (Å²) in [6, 6.07) is 5.95. The standard InChI is InChI=1S/C18H23N3O3/c1-3-11-24-18(23)21-9-7-20(8-10-21)17(22)15-6-4-5-14-12-19(2)13-16(14)15/h3-6H,1,7-13H2,2H3. The summed E-state index contributed by atoms with van der Waals surface area (Å²) in [6.45, 7) is 7.49. The average Bonchev–Trinajstić information content (AvgIpc) is 2.99. The Balaban J connectivity index is 1.63. The van der Waals surface area contributed by atoms with Gasteiger partial charge in [0.1, 0.15) is 6.61 Å². The molecule has 0 saturated carbocycles. The molecule has 2 aliphatic rings. The van der Waals surface area contributed by atoms with E-state index in [0.717, 1.165) is 24.2 Å². The maximum atomic E-state index is 12.9. The number of hydrogen-bond donors (Lipinski definition) is 0. The Morgan fingerprint density at radius 1 is 1.17 bits per heavy atom. The highest BCUT2D eigenvalue weighted by Crippen LogP contribution is 2.26. The molecule has 2 aliphatic heterocycles. The minimum atomic E-state index is -0.343. The van der Waals surface area contributed by atoms with E-state index in [1.807, 2.05) is 17.0 Å². The van der Waals surface area contributed by atoms with Gasteiger partial charge in [0.05, 0.1) is 0 Å². The molecule has 128 valence electrons. The van der Waals surface area contributed by atoms with E-state index in [2.05, 4.69) is 24.6 Å². The lowest BCUT2D eigenvalue weighted by Crippen LogP contribution is -2.50. The van der Waals surface area contributed by atoms with Crippen molar-refractivity contribution in [1.29, 1.82) is 0 Å². The number of hydrogen-bond acceptors (Lipinski definition) is 4. The summed E-state index contributed by atoms with van der Waals surface area (Å²) in [7, 11) is 2.06. The quantitative estimate of drug-likeness (QED) is 0.792. The fourth-order valence-corrected chi connectivity index (χ4v) is 3.27. The molecule has 2 amide bonds. The summed E-state index contributed by atoms with van der Waals surface area (Å²) < 4.78 is 5.04. The van der Waals surface area contributed by atoms with Gasteiger partial charge < -0.3 is 14.5 Å². The summed E-state index contributed by atoms with van der Waals surface area (Å²) in [5.41, 5.74) is 3.16. The van der Waals surface area contributed by atoms with Gasteiger partial charge in [-0.2, -0.15) is 0 Å². The predicted octanol–water partition coefficient (Wildman–Crippen LogP) is 1.71.